The number of benzene rings is 5. The highest BCUT2D eigenvalue weighted by Gasteiger charge is 2.38. The van der Waals surface area contributed by atoms with Gasteiger partial charge in [0.15, 0.2) is 0 Å². The van der Waals surface area contributed by atoms with E-state index < -0.39 is 0 Å². The third kappa shape index (κ3) is 2.66. The van der Waals surface area contributed by atoms with E-state index >= 15 is 0 Å². The van der Waals surface area contributed by atoms with E-state index in [2.05, 4.69) is 116 Å². The second kappa shape index (κ2) is 6.86. The van der Waals surface area contributed by atoms with E-state index in [1.54, 1.807) is 7.11 Å². The fraction of sp³-hybridized carbons (Fsp3) is 0.133. The van der Waals surface area contributed by atoms with Crippen molar-refractivity contribution in [3.63, 3.8) is 0 Å². The topological polar surface area (TPSA) is 12.5 Å². The number of methoxy groups -OCH3 is 1. The minimum atomic E-state index is -0.173. The lowest BCUT2D eigenvalue weighted by atomic mass is 9.71. The van der Waals surface area contributed by atoms with Crippen molar-refractivity contribution in [1.29, 1.82) is 0 Å². The molecule has 0 saturated carbocycles. The smallest absolute Gasteiger partial charge is 0.119 e. The third-order valence-electron chi connectivity index (χ3n) is 6.88. The zero-order valence-corrected chi connectivity index (χ0v) is 18.6. The molecule has 0 unspecified atom stereocenters. The number of rotatable bonds is 2. The first-order chi connectivity index (χ1) is 15.6. The summed E-state index contributed by atoms with van der Waals surface area (Å²) in [5.74, 6) is 0.888. The zero-order valence-electron chi connectivity index (χ0n) is 18.6. The van der Waals surface area contributed by atoms with Crippen molar-refractivity contribution in [2.24, 2.45) is 0 Å². The first-order valence-electron chi connectivity index (χ1n) is 11.1. The molecule has 156 valence electrons. The van der Waals surface area contributed by atoms with Crippen LogP contribution in [0.4, 0.5) is 17.1 Å². The van der Waals surface area contributed by atoms with Crippen LogP contribution in [0.15, 0.2) is 97.1 Å². The van der Waals surface area contributed by atoms with Crippen LogP contribution in [0.1, 0.15) is 25.0 Å². The summed E-state index contributed by atoms with van der Waals surface area (Å²) in [6.07, 6.45) is 0. The summed E-state index contributed by atoms with van der Waals surface area (Å²) in [6.45, 7) is 4.66. The Morgan fingerprint density at radius 3 is 2.16 bits per heavy atom. The molecule has 5 aromatic rings. The molecule has 32 heavy (non-hydrogen) atoms. The van der Waals surface area contributed by atoms with Crippen LogP contribution in [0.5, 0.6) is 5.75 Å². The Morgan fingerprint density at radius 1 is 0.656 bits per heavy atom. The maximum Gasteiger partial charge on any atom is 0.119 e. The van der Waals surface area contributed by atoms with Gasteiger partial charge in [0, 0.05) is 11.1 Å². The molecule has 1 aliphatic heterocycles. The molecule has 5 aromatic carbocycles. The monoisotopic (exact) mass is 415 g/mol. The average Bonchev–Trinajstić information content (AvgIpc) is 2.83. The van der Waals surface area contributed by atoms with E-state index in [1.165, 1.54) is 49.7 Å². The highest BCUT2D eigenvalue weighted by atomic mass is 16.5. The van der Waals surface area contributed by atoms with Crippen LogP contribution in [-0.4, -0.2) is 7.11 Å². The summed E-state index contributed by atoms with van der Waals surface area (Å²) in [5.41, 5.74) is 6.06. The number of ether oxygens (including phenoxy) is 1. The van der Waals surface area contributed by atoms with Gasteiger partial charge in [0.25, 0.3) is 0 Å². The lowest BCUT2D eigenvalue weighted by Gasteiger charge is -2.43. The largest absolute Gasteiger partial charge is 0.497 e. The fourth-order valence-electron chi connectivity index (χ4n) is 5.30. The molecule has 0 N–H and O–H groups in total. The zero-order chi connectivity index (χ0) is 21.9. The lowest BCUT2D eigenvalue weighted by Crippen LogP contribution is -2.31. The van der Waals surface area contributed by atoms with Crippen LogP contribution in [0, 0.1) is 0 Å². The molecular weight excluding hydrogens is 390 g/mol. The van der Waals surface area contributed by atoms with E-state index in [0.717, 1.165) is 5.75 Å². The molecular formula is C30H25NO. The van der Waals surface area contributed by atoms with E-state index in [1.807, 2.05) is 0 Å². The predicted octanol–water partition coefficient (Wildman–Crippen LogP) is 8.11. The van der Waals surface area contributed by atoms with Gasteiger partial charge >= 0.3 is 0 Å². The van der Waals surface area contributed by atoms with Crippen molar-refractivity contribution < 1.29 is 4.74 Å². The first-order valence-corrected chi connectivity index (χ1v) is 11.1. The van der Waals surface area contributed by atoms with Crippen LogP contribution in [0.2, 0.25) is 0 Å². The summed E-state index contributed by atoms with van der Waals surface area (Å²) < 4.78 is 5.63. The minimum absolute atomic E-state index is 0.173. The maximum absolute atomic E-state index is 5.63. The second-order valence-corrected chi connectivity index (χ2v) is 9.06. The Hall–Kier alpha value is -3.78. The molecule has 0 spiro atoms. The van der Waals surface area contributed by atoms with Gasteiger partial charge in [0.05, 0.1) is 18.5 Å². The third-order valence-corrected chi connectivity index (χ3v) is 6.88. The summed E-state index contributed by atoms with van der Waals surface area (Å²) >= 11 is 0. The van der Waals surface area contributed by atoms with Crippen LogP contribution >= 0.6 is 0 Å². The van der Waals surface area contributed by atoms with Crippen LogP contribution in [0.25, 0.3) is 21.5 Å². The number of anilines is 3. The highest BCUT2D eigenvalue weighted by Crippen LogP contribution is 2.54. The molecule has 0 bridgehead atoms. The lowest BCUT2D eigenvalue weighted by molar-refractivity contribution is 0.413. The number of fused-ring (bicyclic) bond motifs is 5. The summed E-state index contributed by atoms with van der Waals surface area (Å²) in [5, 5.41) is 5.06. The first kappa shape index (κ1) is 18.9. The molecule has 2 nitrogen and oxygen atoms in total. The van der Waals surface area contributed by atoms with Gasteiger partial charge in [-0.1, -0.05) is 74.5 Å². The average molecular weight is 416 g/mol. The van der Waals surface area contributed by atoms with Gasteiger partial charge in [-0.3, -0.25) is 0 Å². The molecule has 0 radical (unpaired) electrons. The van der Waals surface area contributed by atoms with Gasteiger partial charge in [-0.2, -0.15) is 0 Å². The van der Waals surface area contributed by atoms with Gasteiger partial charge in [-0.25, -0.2) is 0 Å². The van der Waals surface area contributed by atoms with Crippen LogP contribution in [0.3, 0.4) is 0 Å². The Labute approximate surface area is 188 Å². The molecule has 6 rings (SSSR count). The molecule has 0 saturated heterocycles. The number of hydrogen-bond donors (Lipinski definition) is 0. The molecule has 0 amide bonds. The molecule has 2 heteroatoms. The summed E-state index contributed by atoms with van der Waals surface area (Å²) in [4.78, 5) is 2.41. The number of nitrogens with zero attached hydrogens (tertiary/aromatic N) is 1. The Kier molecular flexibility index (Phi) is 4.06. The van der Waals surface area contributed by atoms with Crippen molar-refractivity contribution in [3.05, 3.63) is 108 Å². The maximum atomic E-state index is 5.63. The Balaban J connectivity index is 1.71. The molecule has 0 aromatic heterocycles. The standard InChI is InChI=1S/C30H25NO/c1-30(2)26-19-24(32-3)15-17-27(26)31(23-14-12-20-8-4-5-10-22(20)18-23)28-16-13-21-9-6-7-11-25(21)29(28)30/h4-19H,1-3H3. The molecule has 1 aliphatic rings. The van der Waals surface area contributed by atoms with Crippen LogP contribution in [-0.2, 0) is 5.41 Å². The van der Waals surface area contributed by atoms with Crippen LogP contribution < -0.4 is 9.64 Å². The molecule has 1 heterocycles. The number of hydrogen-bond acceptors (Lipinski definition) is 2. The normalized spacial score (nSPS) is 14.3. The van der Waals surface area contributed by atoms with Crippen molar-refractivity contribution in [2.45, 2.75) is 19.3 Å². The quantitative estimate of drug-likeness (QED) is 0.289. The molecule has 0 fully saturated rings. The van der Waals surface area contributed by atoms with Gasteiger partial charge in [0.2, 0.25) is 0 Å². The van der Waals surface area contributed by atoms with Gasteiger partial charge in [0.1, 0.15) is 5.75 Å². The molecule has 0 aliphatic carbocycles. The van der Waals surface area contributed by atoms with E-state index in [4.69, 9.17) is 4.74 Å². The summed E-state index contributed by atoms with van der Waals surface area (Å²) in [6, 6.07) is 35.0. The second-order valence-electron chi connectivity index (χ2n) is 9.06. The minimum Gasteiger partial charge on any atom is -0.497 e. The van der Waals surface area contributed by atoms with Crippen molar-refractivity contribution in [3.8, 4) is 5.75 Å². The summed E-state index contributed by atoms with van der Waals surface area (Å²) in [7, 11) is 1.74. The van der Waals surface area contributed by atoms with Gasteiger partial charge in [-0.05, 0) is 69.1 Å². The van der Waals surface area contributed by atoms with E-state index in [0.29, 0.717) is 0 Å². The van der Waals surface area contributed by atoms with E-state index in [-0.39, 0.29) is 5.41 Å². The molecule has 0 atom stereocenters. The van der Waals surface area contributed by atoms with Gasteiger partial charge < -0.3 is 9.64 Å². The highest BCUT2D eigenvalue weighted by molar-refractivity contribution is 5.99. The van der Waals surface area contributed by atoms with Crippen molar-refractivity contribution >= 4 is 38.6 Å². The van der Waals surface area contributed by atoms with E-state index in [9.17, 15) is 0 Å². The van der Waals surface area contributed by atoms with Gasteiger partial charge in [-0.15, -0.1) is 0 Å². The van der Waals surface area contributed by atoms with Crippen molar-refractivity contribution in [1.82, 2.24) is 0 Å². The predicted molar refractivity (Wildman–Crippen MR) is 135 cm³/mol. The fourth-order valence-corrected chi connectivity index (χ4v) is 5.30. The Morgan fingerprint density at radius 2 is 1.34 bits per heavy atom. The van der Waals surface area contributed by atoms with Crippen molar-refractivity contribution in [2.75, 3.05) is 12.0 Å². The SMILES string of the molecule is COc1ccc2c(c1)C(C)(C)c1c(ccc3ccccc13)N2c1ccc2ccccc2c1. The Bertz CT molecular complexity index is 1500.